The minimum atomic E-state index is -0.125. The zero-order valence-electron chi connectivity index (χ0n) is 5.58. The molecular formula is C5H12BNO2. The zero-order valence-corrected chi connectivity index (χ0v) is 5.58. The summed E-state index contributed by atoms with van der Waals surface area (Å²) in [5.41, 5.74) is 5.59. The molecule has 1 fully saturated rings. The summed E-state index contributed by atoms with van der Waals surface area (Å²) in [5, 5.41) is 8.65. The molecular weight excluding hydrogens is 117 g/mol. The molecule has 3 atom stereocenters. The molecule has 9 heavy (non-hydrogen) atoms. The molecule has 0 aliphatic carbocycles. The SMILES string of the molecule is B[C@H]1C[C@H](N)C(CO)O1. The van der Waals surface area contributed by atoms with E-state index in [0.717, 1.165) is 6.42 Å². The first-order valence-electron chi connectivity index (χ1n) is 3.26. The van der Waals surface area contributed by atoms with Crippen molar-refractivity contribution in [1.29, 1.82) is 0 Å². The van der Waals surface area contributed by atoms with Gasteiger partial charge < -0.3 is 15.6 Å². The molecule has 0 aromatic carbocycles. The predicted octanol–water partition coefficient (Wildman–Crippen LogP) is -1.95. The van der Waals surface area contributed by atoms with Gasteiger partial charge in [-0.3, -0.25) is 0 Å². The van der Waals surface area contributed by atoms with Crippen LogP contribution in [0, 0.1) is 0 Å². The molecule has 0 saturated carbocycles. The molecule has 1 rings (SSSR count). The quantitative estimate of drug-likeness (QED) is 0.404. The molecule has 0 amide bonds. The van der Waals surface area contributed by atoms with Crippen LogP contribution in [0.25, 0.3) is 0 Å². The summed E-state index contributed by atoms with van der Waals surface area (Å²) in [4.78, 5) is 0. The second-order valence-corrected chi connectivity index (χ2v) is 2.57. The lowest BCUT2D eigenvalue weighted by Crippen LogP contribution is -2.32. The van der Waals surface area contributed by atoms with E-state index in [4.69, 9.17) is 15.6 Å². The summed E-state index contributed by atoms with van der Waals surface area (Å²) >= 11 is 0. The summed E-state index contributed by atoms with van der Waals surface area (Å²) < 4.78 is 5.25. The summed E-state index contributed by atoms with van der Waals surface area (Å²) in [6.07, 6.45) is 0.741. The van der Waals surface area contributed by atoms with Crippen LogP contribution in [-0.2, 0) is 4.74 Å². The molecule has 1 heterocycles. The van der Waals surface area contributed by atoms with Crippen LogP contribution in [0.2, 0.25) is 0 Å². The van der Waals surface area contributed by atoms with Gasteiger partial charge in [0.2, 0.25) is 0 Å². The van der Waals surface area contributed by atoms with E-state index in [9.17, 15) is 0 Å². The molecule has 1 aliphatic rings. The van der Waals surface area contributed by atoms with Crippen molar-refractivity contribution < 1.29 is 9.84 Å². The number of aliphatic hydroxyl groups is 1. The van der Waals surface area contributed by atoms with Gasteiger partial charge >= 0.3 is 0 Å². The standard InChI is InChI=1S/C5H12BNO2/c6-5-1-3(7)4(2-8)9-5/h3-5,8H,1-2,6-7H2/t3-,4?,5+/m0/s1. The van der Waals surface area contributed by atoms with Gasteiger partial charge in [0.1, 0.15) is 7.85 Å². The Bertz CT molecular complexity index is 101. The highest BCUT2D eigenvalue weighted by atomic mass is 16.5. The molecule has 0 aromatic heterocycles. The van der Waals surface area contributed by atoms with Crippen LogP contribution in [0.1, 0.15) is 6.42 Å². The van der Waals surface area contributed by atoms with Gasteiger partial charge in [-0.15, -0.1) is 0 Å². The third-order valence-electron chi connectivity index (χ3n) is 1.67. The Kier molecular flexibility index (Phi) is 2.11. The molecule has 3 N–H and O–H groups in total. The van der Waals surface area contributed by atoms with Gasteiger partial charge in [-0.1, -0.05) is 0 Å². The van der Waals surface area contributed by atoms with Crippen molar-refractivity contribution >= 4 is 7.85 Å². The largest absolute Gasteiger partial charge is 0.394 e. The van der Waals surface area contributed by atoms with Crippen molar-refractivity contribution in [3.63, 3.8) is 0 Å². The van der Waals surface area contributed by atoms with E-state index in [1.54, 1.807) is 0 Å². The molecule has 52 valence electrons. The summed E-state index contributed by atoms with van der Waals surface area (Å²) in [6, 6.07) is 0.252. The first kappa shape index (κ1) is 7.06. The van der Waals surface area contributed by atoms with Crippen molar-refractivity contribution in [3.8, 4) is 0 Å². The average molecular weight is 129 g/mol. The highest BCUT2D eigenvalue weighted by Crippen LogP contribution is 2.15. The van der Waals surface area contributed by atoms with E-state index in [1.807, 2.05) is 7.85 Å². The molecule has 1 saturated heterocycles. The third-order valence-corrected chi connectivity index (χ3v) is 1.67. The summed E-state index contributed by atoms with van der Waals surface area (Å²) in [7, 11) is 1.97. The van der Waals surface area contributed by atoms with Crippen molar-refractivity contribution in [2.24, 2.45) is 5.73 Å². The molecule has 0 radical (unpaired) electrons. The minimum Gasteiger partial charge on any atom is -0.394 e. The first-order chi connectivity index (χ1) is 4.24. The fourth-order valence-corrected chi connectivity index (χ4v) is 1.17. The van der Waals surface area contributed by atoms with Crippen LogP contribution in [0.3, 0.4) is 0 Å². The van der Waals surface area contributed by atoms with Crippen LogP contribution >= 0.6 is 0 Å². The van der Waals surface area contributed by atoms with E-state index >= 15 is 0 Å². The van der Waals surface area contributed by atoms with E-state index in [1.165, 1.54) is 0 Å². The number of hydrogen-bond donors (Lipinski definition) is 2. The van der Waals surface area contributed by atoms with Crippen molar-refractivity contribution in [3.05, 3.63) is 0 Å². The third kappa shape index (κ3) is 1.44. The Morgan fingerprint density at radius 2 is 2.44 bits per heavy atom. The van der Waals surface area contributed by atoms with Gasteiger partial charge in [0, 0.05) is 12.0 Å². The number of rotatable bonds is 1. The maximum Gasteiger partial charge on any atom is 0.139 e. The van der Waals surface area contributed by atoms with Crippen molar-refractivity contribution in [2.75, 3.05) is 6.61 Å². The monoisotopic (exact) mass is 129 g/mol. The number of hydrogen-bond acceptors (Lipinski definition) is 3. The van der Waals surface area contributed by atoms with Crippen LogP contribution < -0.4 is 5.73 Å². The molecule has 1 aliphatic heterocycles. The second kappa shape index (κ2) is 2.69. The molecule has 3 nitrogen and oxygen atoms in total. The van der Waals surface area contributed by atoms with Gasteiger partial charge in [0.25, 0.3) is 0 Å². The highest BCUT2D eigenvalue weighted by molar-refractivity contribution is 6.11. The molecule has 0 aromatic rings. The molecule has 0 spiro atoms. The predicted molar refractivity (Wildman–Crippen MR) is 36.9 cm³/mol. The van der Waals surface area contributed by atoms with Crippen LogP contribution in [-0.4, -0.2) is 37.7 Å². The van der Waals surface area contributed by atoms with Gasteiger partial charge in [0.05, 0.1) is 12.7 Å². The average Bonchev–Trinajstić information content (AvgIpc) is 2.10. The lowest BCUT2D eigenvalue weighted by Gasteiger charge is -2.09. The Morgan fingerprint density at radius 1 is 1.78 bits per heavy atom. The lowest BCUT2D eigenvalue weighted by atomic mass is 9.95. The number of aliphatic hydroxyl groups excluding tert-OH is 1. The van der Waals surface area contributed by atoms with E-state index in [0.29, 0.717) is 0 Å². The normalized spacial score (nSPS) is 43.6. The number of nitrogens with two attached hydrogens (primary N) is 1. The fraction of sp³-hybridized carbons (Fsp3) is 1.00. The van der Waals surface area contributed by atoms with Gasteiger partial charge in [-0.05, 0) is 6.42 Å². The smallest absolute Gasteiger partial charge is 0.139 e. The zero-order chi connectivity index (χ0) is 6.85. The second-order valence-electron chi connectivity index (χ2n) is 2.57. The van der Waals surface area contributed by atoms with Gasteiger partial charge in [0.15, 0.2) is 0 Å². The van der Waals surface area contributed by atoms with Crippen molar-refractivity contribution in [1.82, 2.24) is 0 Å². The molecule has 0 bridgehead atoms. The Morgan fingerprint density at radius 3 is 2.67 bits per heavy atom. The number of ether oxygens (including phenoxy) is 1. The van der Waals surface area contributed by atoms with Gasteiger partial charge in [-0.25, -0.2) is 0 Å². The maximum atomic E-state index is 8.65. The van der Waals surface area contributed by atoms with Crippen LogP contribution in [0.5, 0.6) is 0 Å². The Labute approximate surface area is 55.6 Å². The highest BCUT2D eigenvalue weighted by Gasteiger charge is 2.28. The first-order valence-corrected chi connectivity index (χ1v) is 3.26. The van der Waals surface area contributed by atoms with Crippen LogP contribution in [0.15, 0.2) is 0 Å². The fourth-order valence-electron chi connectivity index (χ4n) is 1.17. The van der Waals surface area contributed by atoms with E-state index < -0.39 is 0 Å². The molecule has 4 heteroatoms. The Hall–Kier alpha value is -0.0551. The van der Waals surface area contributed by atoms with Crippen LogP contribution in [0.4, 0.5) is 0 Å². The van der Waals surface area contributed by atoms with E-state index in [2.05, 4.69) is 0 Å². The Balaban J connectivity index is 2.38. The summed E-state index contributed by atoms with van der Waals surface area (Å²) in [5.74, 6) is 0. The minimum absolute atomic E-state index is 0.0324. The van der Waals surface area contributed by atoms with E-state index in [-0.39, 0.29) is 24.8 Å². The topological polar surface area (TPSA) is 55.5 Å². The lowest BCUT2D eigenvalue weighted by molar-refractivity contribution is 0.0378. The maximum absolute atomic E-state index is 8.65. The summed E-state index contributed by atoms with van der Waals surface area (Å²) in [6.45, 7) is 0.0471. The van der Waals surface area contributed by atoms with Gasteiger partial charge in [-0.2, -0.15) is 0 Å². The molecule has 1 unspecified atom stereocenters. The van der Waals surface area contributed by atoms with Crippen molar-refractivity contribution in [2.45, 2.75) is 24.6 Å².